The second-order valence-electron chi connectivity index (χ2n) is 12.6. The van der Waals surface area contributed by atoms with Gasteiger partial charge in [0.1, 0.15) is 11.6 Å². The zero-order valence-electron chi connectivity index (χ0n) is 28.4. The molecular formula is C33H54F3N5O3. The number of aromatic nitrogens is 2. The number of rotatable bonds is 13. The summed E-state index contributed by atoms with van der Waals surface area (Å²) in [5.41, 5.74) is -0.765. The summed E-state index contributed by atoms with van der Waals surface area (Å²) < 4.78 is 45.5. The maximum atomic E-state index is 13.5. The lowest BCUT2D eigenvalue weighted by atomic mass is 9.92. The number of hydrogen-bond acceptors (Lipinski definition) is 5. The molecule has 1 aromatic heterocycles. The van der Waals surface area contributed by atoms with Crippen LogP contribution in [0.5, 0.6) is 0 Å². The number of halogens is 3. The van der Waals surface area contributed by atoms with Crippen LogP contribution in [0.1, 0.15) is 101 Å². The summed E-state index contributed by atoms with van der Waals surface area (Å²) in [5, 5.41) is 9.33. The van der Waals surface area contributed by atoms with Crippen molar-refractivity contribution in [2.24, 2.45) is 16.8 Å². The number of hydrogen-bond donors (Lipinski definition) is 2. The Morgan fingerprint density at radius 3 is 2.14 bits per heavy atom. The number of ether oxygens (including phenoxy) is 1. The molecule has 0 saturated heterocycles. The predicted octanol–water partition coefficient (Wildman–Crippen LogP) is 8.27. The third-order valence-corrected chi connectivity index (χ3v) is 6.76. The number of carbonyl (C=O) groups is 2. The minimum Gasteiger partial charge on any atom is -0.444 e. The number of carbonyl (C=O) groups excluding carboxylic acids is 2. The van der Waals surface area contributed by atoms with Gasteiger partial charge < -0.3 is 15.4 Å². The standard InChI is InChI=1S/C28H46F3N5O3.C5H8/c1-11-18(3)20(5)32-14-21(19(4)12-2)13-23(34-25(38)39-26(6,7)8)24(37)35-27(9,10)17-36-16-22(15-33-36)28(29,30)31;1-3-5-4-2/h14-16,18-19,23H,11-13,17H2,1-10H3,(H,34,38)(H,35,37);3-5H,1H2,2H3/b21-14-,32-20?;5-4-. The largest absolute Gasteiger partial charge is 0.444 e. The fraction of sp³-hybridized carbons (Fsp3) is 0.636. The molecule has 0 aliphatic carbocycles. The molecule has 3 atom stereocenters. The summed E-state index contributed by atoms with van der Waals surface area (Å²) in [5.74, 6) is -0.0997. The Balaban J connectivity index is 0.00000340. The van der Waals surface area contributed by atoms with Crippen molar-refractivity contribution in [2.75, 3.05) is 0 Å². The quantitative estimate of drug-likeness (QED) is 0.170. The highest BCUT2D eigenvalue weighted by atomic mass is 19.4. The smallest absolute Gasteiger partial charge is 0.419 e. The Bertz CT molecular complexity index is 1140. The highest BCUT2D eigenvalue weighted by Crippen LogP contribution is 2.29. The number of alkyl halides is 3. The van der Waals surface area contributed by atoms with E-state index in [9.17, 15) is 22.8 Å². The van der Waals surface area contributed by atoms with Crippen molar-refractivity contribution in [2.45, 2.75) is 125 Å². The number of nitrogens with zero attached hydrogens (tertiary/aromatic N) is 3. The van der Waals surface area contributed by atoms with Crippen LogP contribution in [0.25, 0.3) is 0 Å². The Morgan fingerprint density at radius 2 is 1.70 bits per heavy atom. The zero-order valence-corrected chi connectivity index (χ0v) is 28.4. The van der Waals surface area contributed by atoms with Crippen LogP contribution in [0.2, 0.25) is 0 Å². The molecule has 3 unspecified atom stereocenters. The lowest BCUT2D eigenvalue weighted by Crippen LogP contribution is -2.55. The van der Waals surface area contributed by atoms with Crippen LogP contribution in [0.4, 0.5) is 18.0 Å². The van der Waals surface area contributed by atoms with Gasteiger partial charge >= 0.3 is 12.3 Å². The van der Waals surface area contributed by atoms with Gasteiger partial charge in [0.15, 0.2) is 0 Å². The first-order valence-corrected chi connectivity index (χ1v) is 15.1. The van der Waals surface area contributed by atoms with Gasteiger partial charge in [0.05, 0.1) is 23.8 Å². The average Bonchev–Trinajstić information content (AvgIpc) is 3.37. The molecule has 0 aliphatic rings. The van der Waals surface area contributed by atoms with Crippen molar-refractivity contribution in [3.8, 4) is 0 Å². The van der Waals surface area contributed by atoms with Gasteiger partial charge in [-0.2, -0.15) is 18.3 Å². The molecule has 0 saturated carbocycles. The zero-order chi connectivity index (χ0) is 34.3. The Labute approximate surface area is 262 Å². The van der Waals surface area contributed by atoms with Crippen LogP contribution in [0.15, 0.2) is 54.0 Å². The van der Waals surface area contributed by atoms with Crippen LogP contribution < -0.4 is 10.6 Å². The molecule has 8 nitrogen and oxygen atoms in total. The van der Waals surface area contributed by atoms with E-state index >= 15 is 0 Å². The second-order valence-corrected chi connectivity index (χ2v) is 12.6. The summed E-state index contributed by atoms with van der Waals surface area (Å²) in [4.78, 5) is 30.8. The van der Waals surface area contributed by atoms with Crippen molar-refractivity contribution < 1.29 is 27.5 Å². The van der Waals surface area contributed by atoms with E-state index in [4.69, 9.17) is 4.74 Å². The Hall–Kier alpha value is -3.37. The monoisotopic (exact) mass is 625 g/mol. The molecule has 1 rings (SSSR count). The van der Waals surface area contributed by atoms with Crippen LogP contribution in [0, 0.1) is 11.8 Å². The molecule has 2 amide bonds. The van der Waals surface area contributed by atoms with Crippen LogP contribution >= 0.6 is 0 Å². The van der Waals surface area contributed by atoms with Crippen molar-refractivity contribution in [1.82, 2.24) is 20.4 Å². The summed E-state index contributed by atoms with van der Waals surface area (Å²) in [7, 11) is 0. The molecule has 2 N–H and O–H groups in total. The molecule has 0 bridgehead atoms. The Kier molecular flexibility index (Phi) is 17.0. The van der Waals surface area contributed by atoms with E-state index < -0.39 is 40.9 Å². The first kappa shape index (κ1) is 40.6. The first-order valence-electron chi connectivity index (χ1n) is 15.1. The molecule has 0 aliphatic heterocycles. The van der Waals surface area contributed by atoms with Gasteiger partial charge in [-0.3, -0.25) is 14.5 Å². The molecule has 1 heterocycles. The Morgan fingerprint density at radius 1 is 1.11 bits per heavy atom. The molecule has 44 heavy (non-hydrogen) atoms. The van der Waals surface area contributed by atoms with E-state index in [1.54, 1.807) is 46.9 Å². The number of aliphatic imine (C=N–C) groups is 1. The van der Waals surface area contributed by atoms with Gasteiger partial charge in [0.25, 0.3) is 0 Å². The minimum absolute atomic E-state index is 0.0135. The fourth-order valence-corrected chi connectivity index (χ4v) is 3.74. The van der Waals surface area contributed by atoms with Gasteiger partial charge in [-0.05, 0) is 85.1 Å². The van der Waals surface area contributed by atoms with Crippen molar-refractivity contribution >= 4 is 17.7 Å². The van der Waals surface area contributed by atoms with Gasteiger partial charge in [-0.25, -0.2) is 4.79 Å². The molecule has 0 spiro atoms. The number of allylic oxidation sites excluding steroid dienone is 3. The van der Waals surface area contributed by atoms with E-state index in [1.165, 1.54) is 0 Å². The average molecular weight is 626 g/mol. The van der Waals surface area contributed by atoms with E-state index in [0.29, 0.717) is 5.92 Å². The molecule has 0 radical (unpaired) electrons. The molecular weight excluding hydrogens is 571 g/mol. The molecule has 1 aromatic rings. The van der Waals surface area contributed by atoms with Crippen LogP contribution in [0.3, 0.4) is 0 Å². The van der Waals surface area contributed by atoms with Gasteiger partial charge in [0.2, 0.25) is 5.91 Å². The summed E-state index contributed by atoms with van der Waals surface area (Å²) in [6, 6.07) is -0.998. The van der Waals surface area contributed by atoms with E-state index in [0.717, 1.165) is 41.2 Å². The van der Waals surface area contributed by atoms with Gasteiger partial charge in [-0.1, -0.05) is 52.5 Å². The van der Waals surface area contributed by atoms with E-state index in [2.05, 4.69) is 41.2 Å². The second kappa shape index (κ2) is 18.4. The van der Waals surface area contributed by atoms with Gasteiger partial charge in [0, 0.05) is 18.1 Å². The molecule has 250 valence electrons. The third-order valence-electron chi connectivity index (χ3n) is 6.76. The predicted molar refractivity (Wildman–Crippen MR) is 172 cm³/mol. The molecule has 0 aromatic carbocycles. The summed E-state index contributed by atoms with van der Waals surface area (Å²) in [6.45, 7) is 24.1. The summed E-state index contributed by atoms with van der Waals surface area (Å²) >= 11 is 0. The highest BCUT2D eigenvalue weighted by molar-refractivity contribution is 5.87. The van der Waals surface area contributed by atoms with Gasteiger partial charge in [-0.15, -0.1) is 0 Å². The first-order chi connectivity index (χ1) is 20.2. The van der Waals surface area contributed by atoms with Crippen molar-refractivity contribution in [1.29, 1.82) is 0 Å². The number of nitrogens with one attached hydrogen (secondary N) is 2. The number of alkyl carbamates (subject to hydrolysis) is 1. The maximum Gasteiger partial charge on any atom is 0.419 e. The van der Waals surface area contributed by atoms with Crippen molar-refractivity contribution in [3.05, 3.63) is 54.5 Å². The van der Waals surface area contributed by atoms with E-state index in [-0.39, 0.29) is 18.9 Å². The lowest BCUT2D eigenvalue weighted by Gasteiger charge is -2.30. The normalized spacial score (nSPS) is 15.1. The maximum absolute atomic E-state index is 13.5. The highest BCUT2D eigenvalue weighted by Gasteiger charge is 2.34. The van der Waals surface area contributed by atoms with E-state index in [1.807, 2.05) is 39.8 Å². The fourth-order valence-electron chi connectivity index (χ4n) is 3.74. The van der Waals surface area contributed by atoms with Crippen molar-refractivity contribution in [3.63, 3.8) is 0 Å². The molecule has 11 heteroatoms. The SMILES string of the molecule is C=C/C=C\C.CCC(C)C(C)=N/C=C(/CC(NC(=O)OC(C)(C)C)C(=O)NC(C)(C)Cn1cc(C(F)(F)F)cn1)C(C)CC. The molecule has 0 fully saturated rings. The lowest BCUT2D eigenvalue weighted by molar-refractivity contribution is -0.137. The third kappa shape index (κ3) is 16.5. The minimum atomic E-state index is -4.51. The van der Waals surface area contributed by atoms with Crippen LogP contribution in [-0.2, 0) is 22.3 Å². The topological polar surface area (TPSA) is 97.6 Å². The number of amides is 2. The summed E-state index contributed by atoms with van der Waals surface area (Å²) in [6.07, 6.45) is 5.68. The van der Waals surface area contributed by atoms with Crippen LogP contribution in [-0.4, -0.2) is 44.7 Å².